The minimum atomic E-state index is -0.837. The maximum absolute atomic E-state index is 12.9. The van der Waals surface area contributed by atoms with E-state index in [2.05, 4.69) is 167 Å². The first kappa shape index (κ1) is 72.0. The average Bonchev–Trinajstić information content (AvgIpc) is 3.43. The maximum Gasteiger partial charge on any atom is 0.309 e. The van der Waals surface area contributed by atoms with Gasteiger partial charge >= 0.3 is 17.9 Å². The van der Waals surface area contributed by atoms with Gasteiger partial charge in [-0.2, -0.15) is 0 Å². The summed E-state index contributed by atoms with van der Waals surface area (Å²) in [5, 5.41) is 0. The van der Waals surface area contributed by atoms with Gasteiger partial charge in [-0.05, 0) is 128 Å². The third-order valence-electron chi connectivity index (χ3n) is 12.5. The van der Waals surface area contributed by atoms with Gasteiger partial charge in [-0.1, -0.05) is 262 Å². The Morgan fingerprint density at radius 3 is 0.922 bits per heavy atom. The fraction of sp³-hybridized carbons (Fsp3) is 0.592. The van der Waals surface area contributed by atoms with Crippen LogP contribution in [0.15, 0.2) is 158 Å². The fourth-order valence-electron chi connectivity index (χ4n) is 7.96. The largest absolute Gasteiger partial charge is 0.462 e. The zero-order valence-corrected chi connectivity index (χ0v) is 49.4. The molecule has 0 spiro atoms. The lowest BCUT2D eigenvalue weighted by Crippen LogP contribution is -2.30. The van der Waals surface area contributed by atoms with E-state index < -0.39 is 12.1 Å². The van der Waals surface area contributed by atoms with Crippen molar-refractivity contribution >= 4 is 17.9 Å². The van der Waals surface area contributed by atoms with Crippen LogP contribution in [0.5, 0.6) is 0 Å². The SMILES string of the molecule is CC/C=C\C/C=C\C/C=C\C/C=C\C/C=C\C/C=C\C/C=C\CCCCCCCC(=O)OCC(COC(=O)C/C=C\C/C=C\C/C=C\C/C=C\C/C=C\CC)OC(=O)CCCCCCCCC/C=C\CCCCCCCC. The van der Waals surface area contributed by atoms with Gasteiger partial charge in [0.2, 0.25) is 0 Å². The minimum Gasteiger partial charge on any atom is -0.462 e. The quantitative estimate of drug-likeness (QED) is 0.0261. The molecule has 432 valence electrons. The van der Waals surface area contributed by atoms with E-state index in [0.717, 1.165) is 135 Å². The number of esters is 3. The predicted octanol–water partition coefficient (Wildman–Crippen LogP) is 21.3. The highest BCUT2D eigenvalue weighted by molar-refractivity contribution is 5.72. The van der Waals surface area contributed by atoms with Crippen LogP contribution >= 0.6 is 0 Å². The van der Waals surface area contributed by atoms with Crippen LogP contribution in [0, 0.1) is 0 Å². The zero-order chi connectivity index (χ0) is 55.7. The minimum absolute atomic E-state index is 0.116. The van der Waals surface area contributed by atoms with Crippen LogP contribution in [0.2, 0.25) is 0 Å². The Kier molecular flexibility index (Phi) is 59.5. The second kappa shape index (κ2) is 63.6. The van der Waals surface area contributed by atoms with Crippen LogP contribution in [0.25, 0.3) is 0 Å². The van der Waals surface area contributed by atoms with Crippen LogP contribution < -0.4 is 0 Å². The summed E-state index contributed by atoms with van der Waals surface area (Å²) in [5.74, 6) is -1.09. The van der Waals surface area contributed by atoms with Crippen molar-refractivity contribution in [3.05, 3.63) is 158 Å². The van der Waals surface area contributed by atoms with Crippen LogP contribution in [0.4, 0.5) is 0 Å². The molecule has 0 saturated heterocycles. The summed E-state index contributed by atoms with van der Waals surface area (Å²) in [4.78, 5) is 38.2. The van der Waals surface area contributed by atoms with E-state index in [1.54, 1.807) is 6.08 Å². The van der Waals surface area contributed by atoms with E-state index in [1.165, 1.54) is 77.0 Å². The van der Waals surface area contributed by atoms with Gasteiger partial charge < -0.3 is 14.2 Å². The summed E-state index contributed by atoms with van der Waals surface area (Å²) in [5.41, 5.74) is 0. The van der Waals surface area contributed by atoms with Gasteiger partial charge in [-0.25, -0.2) is 0 Å². The third-order valence-corrected chi connectivity index (χ3v) is 12.5. The lowest BCUT2D eigenvalue weighted by atomic mass is 10.1. The van der Waals surface area contributed by atoms with E-state index in [1.807, 2.05) is 6.08 Å². The summed E-state index contributed by atoms with van der Waals surface area (Å²) in [7, 11) is 0. The first-order chi connectivity index (χ1) is 38.0. The number of carbonyl (C=O) groups is 3. The van der Waals surface area contributed by atoms with Gasteiger partial charge in [0.05, 0.1) is 6.42 Å². The number of hydrogen-bond donors (Lipinski definition) is 0. The van der Waals surface area contributed by atoms with Gasteiger partial charge in [-0.15, -0.1) is 0 Å². The molecule has 0 aromatic rings. The highest BCUT2D eigenvalue weighted by atomic mass is 16.6. The number of carbonyl (C=O) groups excluding carboxylic acids is 3. The van der Waals surface area contributed by atoms with Crippen molar-refractivity contribution in [2.45, 2.75) is 258 Å². The molecule has 0 saturated carbocycles. The van der Waals surface area contributed by atoms with Crippen molar-refractivity contribution in [1.82, 2.24) is 0 Å². The van der Waals surface area contributed by atoms with Crippen LogP contribution in [0.1, 0.15) is 252 Å². The van der Waals surface area contributed by atoms with Crippen molar-refractivity contribution < 1.29 is 28.6 Å². The topological polar surface area (TPSA) is 78.9 Å². The zero-order valence-electron chi connectivity index (χ0n) is 49.4. The Hall–Kier alpha value is -4.97. The average molecular weight is 1060 g/mol. The summed E-state index contributed by atoms with van der Waals surface area (Å²) in [6.07, 6.45) is 92.6. The van der Waals surface area contributed by atoms with Crippen molar-refractivity contribution in [3.8, 4) is 0 Å². The Balaban J connectivity index is 4.50. The van der Waals surface area contributed by atoms with Gasteiger partial charge in [0.15, 0.2) is 6.10 Å². The number of ether oxygens (including phenoxy) is 3. The Morgan fingerprint density at radius 1 is 0.286 bits per heavy atom. The molecule has 0 amide bonds. The van der Waals surface area contributed by atoms with Gasteiger partial charge in [-0.3, -0.25) is 14.4 Å². The molecule has 1 atom stereocenters. The molecule has 0 aliphatic carbocycles. The molecule has 0 aliphatic rings. The molecular weight excluding hydrogens is 949 g/mol. The Bertz CT molecular complexity index is 1740. The normalized spacial score (nSPS) is 13.2. The molecule has 1 unspecified atom stereocenters. The predicted molar refractivity (Wildman–Crippen MR) is 334 cm³/mol. The van der Waals surface area contributed by atoms with E-state index in [-0.39, 0.29) is 31.6 Å². The second-order valence-electron chi connectivity index (χ2n) is 19.9. The molecule has 0 aromatic heterocycles. The molecule has 0 fully saturated rings. The molecule has 6 nitrogen and oxygen atoms in total. The summed E-state index contributed by atoms with van der Waals surface area (Å²) in [6.45, 7) is 6.29. The van der Waals surface area contributed by atoms with E-state index in [4.69, 9.17) is 14.2 Å². The molecule has 0 rings (SSSR count). The standard InChI is InChI=1S/C71H112O6/c1-4-7-10-13-16-19-22-25-28-30-31-32-33-34-35-36-37-38-39-41-43-46-49-52-55-58-61-64-70(73)76-67-68(66-75-69(72)63-60-57-54-51-48-45-42-27-24-21-18-15-12-9-6-3)77-71(74)65-62-59-56-53-50-47-44-40-29-26-23-20-17-14-11-8-5-2/h7,9-10,12,16,18-19,21,25-29,31-32,34-35,37-38,41-43,48,51,57,60,68H,4-6,8,11,13-15,17,20,22-24,30,33,36,39-40,44-47,49-50,52-56,58-59,61-67H2,1-3H3/b10-7-,12-9-,19-16-,21-18-,28-25-,29-26-,32-31-,35-34-,38-37-,42-27-,43-41-,51-48-,60-57-. The summed E-state index contributed by atoms with van der Waals surface area (Å²) >= 11 is 0. The second-order valence-corrected chi connectivity index (χ2v) is 19.9. The highest BCUT2D eigenvalue weighted by Crippen LogP contribution is 2.14. The monoisotopic (exact) mass is 1060 g/mol. The summed E-state index contributed by atoms with van der Waals surface area (Å²) < 4.78 is 16.8. The first-order valence-electron chi connectivity index (χ1n) is 31.0. The van der Waals surface area contributed by atoms with Crippen LogP contribution in [0.3, 0.4) is 0 Å². The number of allylic oxidation sites excluding steroid dienone is 25. The third kappa shape index (κ3) is 61.8. The Morgan fingerprint density at radius 2 is 0.558 bits per heavy atom. The highest BCUT2D eigenvalue weighted by Gasteiger charge is 2.19. The molecule has 0 heterocycles. The Labute approximate surface area is 473 Å². The van der Waals surface area contributed by atoms with Gasteiger partial charge in [0, 0.05) is 12.8 Å². The van der Waals surface area contributed by atoms with Crippen molar-refractivity contribution in [1.29, 1.82) is 0 Å². The number of rotatable bonds is 54. The van der Waals surface area contributed by atoms with E-state index in [9.17, 15) is 14.4 Å². The van der Waals surface area contributed by atoms with E-state index >= 15 is 0 Å². The fourth-order valence-corrected chi connectivity index (χ4v) is 7.96. The molecule has 0 aromatic carbocycles. The van der Waals surface area contributed by atoms with E-state index in [0.29, 0.717) is 12.8 Å². The van der Waals surface area contributed by atoms with Crippen molar-refractivity contribution in [2.75, 3.05) is 13.2 Å². The van der Waals surface area contributed by atoms with Crippen LogP contribution in [-0.2, 0) is 28.6 Å². The van der Waals surface area contributed by atoms with Gasteiger partial charge in [0.1, 0.15) is 13.2 Å². The molecule has 0 N–H and O–H groups in total. The van der Waals surface area contributed by atoms with Crippen molar-refractivity contribution in [3.63, 3.8) is 0 Å². The molecular formula is C71H112O6. The summed E-state index contributed by atoms with van der Waals surface area (Å²) in [6, 6.07) is 0. The smallest absolute Gasteiger partial charge is 0.309 e. The lowest BCUT2D eigenvalue weighted by molar-refractivity contribution is -0.166. The molecule has 0 radical (unpaired) electrons. The maximum atomic E-state index is 12.9. The molecule has 6 heteroatoms. The van der Waals surface area contributed by atoms with Crippen molar-refractivity contribution in [2.24, 2.45) is 0 Å². The number of hydrogen-bond acceptors (Lipinski definition) is 6. The first-order valence-corrected chi connectivity index (χ1v) is 31.0. The lowest BCUT2D eigenvalue weighted by Gasteiger charge is -2.18. The molecule has 77 heavy (non-hydrogen) atoms. The molecule has 0 aliphatic heterocycles. The number of unbranched alkanes of at least 4 members (excludes halogenated alkanes) is 18. The van der Waals surface area contributed by atoms with Crippen LogP contribution in [-0.4, -0.2) is 37.2 Å². The molecule has 0 bridgehead atoms. The van der Waals surface area contributed by atoms with Gasteiger partial charge in [0.25, 0.3) is 0 Å².